The lowest BCUT2D eigenvalue weighted by Gasteiger charge is -2.04. The van der Waals surface area contributed by atoms with E-state index < -0.39 is 0 Å². The van der Waals surface area contributed by atoms with Crippen LogP contribution in [-0.4, -0.2) is 0 Å². The van der Waals surface area contributed by atoms with E-state index >= 15 is 0 Å². The van der Waals surface area contributed by atoms with Gasteiger partial charge in [0, 0.05) is 5.56 Å². The van der Waals surface area contributed by atoms with Crippen LogP contribution in [0.1, 0.15) is 22.3 Å². The summed E-state index contributed by atoms with van der Waals surface area (Å²) in [6.07, 6.45) is 0. The average molecular weight is 318 g/mol. The van der Waals surface area contributed by atoms with Crippen molar-refractivity contribution in [1.29, 1.82) is 0 Å². The molecule has 0 unspecified atom stereocenters. The number of aryl methyl sites for hydroxylation is 2. The van der Waals surface area contributed by atoms with Gasteiger partial charge in [0.25, 0.3) is 0 Å². The van der Waals surface area contributed by atoms with Gasteiger partial charge < -0.3 is 0 Å². The Balaban J connectivity index is 1.85. The van der Waals surface area contributed by atoms with E-state index in [9.17, 15) is 8.78 Å². The van der Waals surface area contributed by atoms with E-state index in [0.29, 0.717) is 11.1 Å². The molecule has 0 heterocycles. The highest BCUT2D eigenvalue weighted by atomic mass is 19.1. The summed E-state index contributed by atoms with van der Waals surface area (Å²) in [6, 6.07) is 17.6. The second-order valence-electron chi connectivity index (χ2n) is 5.77. The third kappa shape index (κ3) is 3.52. The summed E-state index contributed by atoms with van der Waals surface area (Å²) in [7, 11) is 0. The zero-order valence-electron chi connectivity index (χ0n) is 13.5. The van der Waals surface area contributed by atoms with E-state index in [1.807, 2.05) is 43.3 Å². The molecule has 0 bridgehead atoms. The highest BCUT2D eigenvalue weighted by molar-refractivity contribution is 5.65. The van der Waals surface area contributed by atoms with Crippen molar-refractivity contribution in [2.24, 2.45) is 0 Å². The molecule has 0 spiro atoms. The lowest BCUT2D eigenvalue weighted by atomic mass is 10.0. The molecule has 0 radical (unpaired) electrons. The largest absolute Gasteiger partial charge is 0.207 e. The first-order valence-corrected chi connectivity index (χ1v) is 7.68. The van der Waals surface area contributed by atoms with Crippen molar-refractivity contribution < 1.29 is 8.78 Å². The predicted molar refractivity (Wildman–Crippen MR) is 93.7 cm³/mol. The van der Waals surface area contributed by atoms with Gasteiger partial charge in [0.2, 0.25) is 0 Å². The van der Waals surface area contributed by atoms with Gasteiger partial charge in [-0.25, -0.2) is 8.78 Å². The van der Waals surface area contributed by atoms with E-state index in [4.69, 9.17) is 0 Å². The molecular weight excluding hydrogens is 302 g/mol. The third-order valence-corrected chi connectivity index (χ3v) is 3.86. The standard InChI is InChI=1S/C22H16F2/c1-15-3-8-19(22(24)13-15)12-7-17-5-10-18(11-6-17)20-9-4-16(2)21(23)14-20/h3-6,8-11,13-14H,1-2H3. The smallest absolute Gasteiger partial charge is 0.139 e. The first-order valence-electron chi connectivity index (χ1n) is 7.68. The fourth-order valence-corrected chi connectivity index (χ4v) is 2.38. The molecule has 0 saturated heterocycles. The molecule has 3 rings (SSSR count). The Bertz CT molecular complexity index is 942. The molecule has 0 aliphatic carbocycles. The van der Waals surface area contributed by atoms with Crippen molar-refractivity contribution in [2.45, 2.75) is 13.8 Å². The molecule has 2 heteroatoms. The lowest BCUT2D eigenvalue weighted by Crippen LogP contribution is -1.86. The molecule has 0 fully saturated rings. The second kappa shape index (κ2) is 6.68. The fraction of sp³-hybridized carbons (Fsp3) is 0.0909. The van der Waals surface area contributed by atoms with E-state index in [-0.39, 0.29) is 11.6 Å². The Labute approximate surface area is 140 Å². The number of hydrogen-bond acceptors (Lipinski definition) is 0. The van der Waals surface area contributed by atoms with Crippen LogP contribution in [0.3, 0.4) is 0 Å². The SMILES string of the molecule is Cc1ccc(C#Cc2ccc(-c3ccc(C)c(F)c3)cc2)c(F)c1. The van der Waals surface area contributed by atoms with Gasteiger partial charge in [-0.1, -0.05) is 42.2 Å². The number of benzene rings is 3. The highest BCUT2D eigenvalue weighted by Crippen LogP contribution is 2.22. The first-order chi connectivity index (χ1) is 11.5. The average Bonchev–Trinajstić information content (AvgIpc) is 2.57. The van der Waals surface area contributed by atoms with Gasteiger partial charge in [0.05, 0.1) is 5.56 Å². The monoisotopic (exact) mass is 318 g/mol. The van der Waals surface area contributed by atoms with Crippen LogP contribution in [0.5, 0.6) is 0 Å². The van der Waals surface area contributed by atoms with Gasteiger partial charge in [-0.2, -0.15) is 0 Å². The molecule has 0 aliphatic heterocycles. The summed E-state index contributed by atoms with van der Waals surface area (Å²) in [5.74, 6) is 5.28. The van der Waals surface area contributed by atoms with Crippen LogP contribution in [0.4, 0.5) is 8.78 Å². The molecule has 0 saturated carbocycles. The van der Waals surface area contributed by atoms with Crippen molar-refractivity contribution in [3.63, 3.8) is 0 Å². The molecule has 0 N–H and O–H groups in total. The maximum Gasteiger partial charge on any atom is 0.139 e. The topological polar surface area (TPSA) is 0 Å². The number of hydrogen-bond donors (Lipinski definition) is 0. The van der Waals surface area contributed by atoms with Crippen LogP contribution < -0.4 is 0 Å². The maximum absolute atomic E-state index is 13.8. The normalized spacial score (nSPS) is 10.2. The molecule has 0 amide bonds. The van der Waals surface area contributed by atoms with Crippen LogP contribution >= 0.6 is 0 Å². The maximum atomic E-state index is 13.8. The summed E-state index contributed by atoms with van der Waals surface area (Å²) < 4.78 is 27.4. The van der Waals surface area contributed by atoms with Crippen molar-refractivity contribution in [2.75, 3.05) is 0 Å². The molecule has 0 nitrogen and oxygen atoms in total. The van der Waals surface area contributed by atoms with Crippen molar-refractivity contribution in [3.8, 4) is 23.0 Å². The number of rotatable bonds is 1. The minimum absolute atomic E-state index is 0.216. The first kappa shape index (κ1) is 16.0. The van der Waals surface area contributed by atoms with Crippen molar-refractivity contribution in [1.82, 2.24) is 0 Å². The Hall–Kier alpha value is -2.92. The van der Waals surface area contributed by atoms with Gasteiger partial charge in [-0.05, 0) is 66.4 Å². The van der Waals surface area contributed by atoms with Crippen molar-refractivity contribution in [3.05, 3.63) is 94.6 Å². The summed E-state index contributed by atoms with van der Waals surface area (Å²) in [4.78, 5) is 0. The zero-order chi connectivity index (χ0) is 17.1. The minimum Gasteiger partial charge on any atom is -0.207 e. The van der Waals surface area contributed by atoms with E-state index in [0.717, 1.165) is 22.3 Å². The van der Waals surface area contributed by atoms with Gasteiger partial charge in [0.15, 0.2) is 0 Å². The highest BCUT2D eigenvalue weighted by Gasteiger charge is 2.02. The van der Waals surface area contributed by atoms with Crippen LogP contribution in [0.25, 0.3) is 11.1 Å². The minimum atomic E-state index is -0.311. The predicted octanol–water partition coefficient (Wildman–Crippen LogP) is 5.65. The molecule has 3 aromatic rings. The number of halogens is 2. The molecule has 0 aliphatic rings. The Morgan fingerprint density at radius 1 is 0.667 bits per heavy atom. The lowest BCUT2D eigenvalue weighted by molar-refractivity contribution is 0.619. The zero-order valence-corrected chi connectivity index (χ0v) is 13.5. The van der Waals surface area contributed by atoms with E-state index in [1.165, 1.54) is 12.1 Å². The molecule has 118 valence electrons. The van der Waals surface area contributed by atoms with Crippen LogP contribution in [0, 0.1) is 37.3 Å². The summed E-state index contributed by atoms with van der Waals surface area (Å²) in [6.45, 7) is 3.58. The summed E-state index contributed by atoms with van der Waals surface area (Å²) in [5.41, 5.74) is 4.40. The molecule has 0 atom stereocenters. The summed E-state index contributed by atoms with van der Waals surface area (Å²) in [5, 5.41) is 0. The van der Waals surface area contributed by atoms with Crippen molar-refractivity contribution >= 4 is 0 Å². The van der Waals surface area contributed by atoms with Gasteiger partial charge >= 0.3 is 0 Å². The fourth-order valence-electron chi connectivity index (χ4n) is 2.38. The Morgan fingerprint density at radius 2 is 1.38 bits per heavy atom. The molecule has 3 aromatic carbocycles. The van der Waals surface area contributed by atoms with Gasteiger partial charge in [-0.15, -0.1) is 0 Å². The van der Waals surface area contributed by atoms with E-state index in [2.05, 4.69) is 11.8 Å². The second-order valence-corrected chi connectivity index (χ2v) is 5.77. The van der Waals surface area contributed by atoms with E-state index in [1.54, 1.807) is 19.1 Å². The van der Waals surface area contributed by atoms with Crippen LogP contribution in [0.2, 0.25) is 0 Å². The van der Waals surface area contributed by atoms with Crippen LogP contribution in [0.15, 0.2) is 60.7 Å². The third-order valence-electron chi connectivity index (χ3n) is 3.86. The van der Waals surface area contributed by atoms with Crippen LogP contribution in [-0.2, 0) is 0 Å². The molecule has 0 aromatic heterocycles. The van der Waals surface area contributed by atoms with Gasteiger partial charge in [0.1, 0.15) is 11.6 Å². The Kier molecular flexibility index (Phi) is 4.44. The molecular formula is C22H16F2. The quantitative estimate of drug-likeness (QED) is 0.509. The van der Waals surface area contributed by atoms with Gasteiger partial charge in [-0.3, -0.25) is 0 Å². The molecule has 24 heavy (non-hydrogen) atoms. The summed E-state index contributed by atoms with van der Waals surface area (Å²) >= 11 is 0. The Morgan fingerprint density at radius 3 is 2.04 bits per heavy atom.